The van der Waals surface area contributed by atoms with Crippen LogP contribution in [0, 0.1) is 5.92 Å². The molecule has 3 fully saturated rings. The average molecular weight is 524 g/mol. The minimum atomic E-state index is -0.459. The number of ether oxygens (including phenoxy) is 3. The van der Waals surface area contributed by atoms with Gasteiger partial charge in [-0.1, -0.05) is 42.8 Å². The summed E-state index contributed by atoms with van der Waals surface area (Å²) in [5.41, 5.74) is 3.10. The van der Waals surface area contributed by atoms with Gasteiger partial charge in [-0.3, -0.25) is 9.69 Å². The van der Waals surface area contributed by atoms with Crippen molar-refractivity contribution in [3.63, 3.8) is 0 Å². The Hall–Kier alpha value is -2.08. The Labute approximate surface area is 226 Å². The Morgan fingerprint density at radius 2 is 1.95 bits per heavy atom. The predicted molar refractivity (Wildman–Crippen MR) is 145 cm³/mol. The predicted octanol–water partition coefficient (Wildman–Crippen LogP) is 5.30. The van der Waals surface area contributed by atoms with Crippen LogP contribution < -0.4 is 9.47 Å². The fraction of sp³-hybridized carbons (Fsp3) is 0.581. The number of nitrogens with zero attached hydrogens (tertiary/aromatic N) is 1. The van der Waals surface area contributed by atoms with Gasteiger partial charge in [-0.05, 0) is 74.6 Å². The lowest BCUT2D eigenvalue weighted by molar-refractivity contribution is -0.215. The van der Waals surface area contributed by atoms with Gasteiger partial charge in [0, 0.05) is 31.2 Å². The lowest BCUT2D eigenvalue weighted by Gasteiger charge is -2.64. The zero-order valence-corrected chi connectivity index (χ0v) is 22.6. The van der Waals surface area contributed by atoms with Crippen LogP contribution in [-0.2, 0) is 27.8 Å². The first-order valence-corrected chi connectivity index (χ1v) is 14.0. The molecule has 4 atom stereocenters. The van der Waals surface area contributed by atoms with Crippen LogP contribution >= 0.6 is 12.4 Å². The Morgan fingerprint density at radius 3 is 2.70 bits per heavy atom. The van der Waals surface area contributed by atoms with Crippen molar-refractivity contribution in [3.8, 4) is 11.5 Å². The van der Waals surface area contributed by atoms with Crippen LogP contribution in [0.5, 0.6) is 11.5 Å². The number of Topliss-reactive ketones (excluding diaryl/α,β-unsaturated/α-hetero) is 1. The lowest BCUT2D eigenvalue weighted by Crippen LogP contribution is -2.77. The summed E-state index contributed by atoms with van der Waals surface area (Å²) in [5, 5.41) is 0. The van der Waals surface area contributed by atoms with Gasteiger partial charge < -0.3 is 14.2 Å². The standard InChI is InChI=1S/C31H37NO4.ClH/c1-34-25-13-12-23-19-26-31(35-18-6-11-21-7-3-2-4-8-21)15-14-24(33)29-30(31,27(23)28(25)36-29)16-17-32(26)20-22-9-5-10-22;/h2-4,7-8,12-13,22,26,29H,5-6,9-11,14-20H2,1H3;1H/t26-,29+,30+,31-;/m1./s1. The average Bonchev–Trinajstić information content (AvgIpc) is 3.23. The van der Waals surface area contributed by atoms with E-state index in [0.29, 0.717) is 13.0 Å². The number of rotatable bonds is 8. The molecule has 5 nitrogen and oxygen atoms in total. The van der Waals surface area contributed by atoms with Gasteiger partial charge in [-0.2, -0.15) is 0 Å². The van der Waals surface area contributed by atoms with Crippen LogP contribution in [0.4, 0.5) is 0 Å². The first-order chi connectivity index (χ1) is 17.7. The van der Waals surface area contributed by atoms with E-state index in [4.69, 9.17) is 14.2 Å². The molecule has 37 heavy (non-hydrogen) atoms. The van der Waals surface area contributed by atoms with Gasteiger partial charge in [-0.15, -0.1) is 12.4 Å². The van der Waals surface area contributed by atoms with E-state index in [2.05, 4.69) is 41.3 Å². The number of likely N-dealkylation sites (tertiary alicyclic amines) is 1. The molecule has 2 aliphatic heterocycles. The first-order valence-electron chi connectivity index (χ1n) is 14.0. The van der Waals surface area contributed by atoms with E-state index in [0.717, 1.165) is 62.6 Å². The summed E-state index contributed by atoms with van der Waals surface area (Å²) in [6.45, 7) is 2.88. The van der Waals surface area contributed by atoms with Crippen molar-refractivity contribution in [1.82, 2.24) is 4.90 Å². The van der Waals surface area contributed by atoms with Crippen molar-refractivity contribution in [2.24, 2.45) is 5.92 Å². The third-order valence-corrected chi connectivity index (χ3v) is 10.1. The highest BCUT2D eigenvalue weighted by atomic mass is 35.5. The molecule has 7 rings (SSSR count). The molecule has 2 heterocycles. The second-order valence-electron chi connectivity index (χ2n) is 11.7. The highest BCUT2D eigenvalue weighted by molar-refractivity contribution is 5.90. The summed E-state index contributed by atoms with van der Waals surface area (Å²) < 4.78 is 19.5. The number of benzene rings is 2. The summed E-state index contributed by atoms with van der Waals surface area (Å²) in [7, 11) is 1.70. The van der Waals surface area contributed by atoms with Gasteiger partial charge >= 0.3 is 0 Å². The third kappa shape index (κ3) is 3.60. The van der Waals surface area contributed by atoms with Crippen molar-refractivity contribution in [1.29, 1.82) is 0 Å². The number of hydrogen-bond donors (Lipinski definition) is 0. The van der Waals surface area contributed by atoms with Crippen molar-refractivity contribution in [2.45, 2.75) is 80.9 Å². The Bertz CT molecular complexity index is 1170. The maximum atomic E-state index is 13.5. The van der Waals surface area contributed by atoms with Crippen molar-refractivity contribution < 1.29 is 19.0 Å². The van der Waals surface area contributed by atoms with Crippen molar-refractivity contribution in [2.75, 3.05) is 26.8 Å². The van der Waals surface area contributed by atoms with Crippen molar-refractivity contribution in [3.05, 3.63) is 59.2 Å². The van der Waals surface area contributed by atoms with Crippen LogP contribution in [-0.4, -0.2) is 55.2 Å². The second-order valence-corrected chi connectivity index (χ2v) is 11.7. The number of piperidine rings is 1. The maximum Gasteiger partial charge on any atom is 0.174 e. The second kappa shape index (κ2) is 9.59. The fourth-order valence-electron chi connectivity index (χ4n) is 8.23. The molecular weight excluding hydrogens is 486 g/mol. The molecule has 1 spiro atoms. The summed E-state index contributed by atoms with van der Waals surface area (Å²) in [5.74, 6) is 2.59. The monoisotopic (exact) mass is 523 g/mol. The number of ketones is 1. The Morgan fingerprint density at radius 1 is 1.11 bits per heavy atom. The summed E-state index contributed by atoms with van der Waals surface area (Å²) in [4.78, 5) is 16.2. The van der Waals surface area contributed by atoms with Gasteiger partial charge in [0.1, 0.15) is 0 Å². The quantitative estimate of drug-likeness (QED) is 0.440. The smallest absolute Gasteiger partial charge is 0.174 e. The van der Waals surface area contributed by atoms with Gasteiger partial charge in [0.15, 0.2) is 23.4 Å². The molecule has 0 unspecified atom stereocenters. The SMILES string of the molecule is COc1ccc2c3c1O[C@H]1C(=O)CC[C@@]4(OCCCc5ccccc5)[C@@H](C2)N(CC2CCC2)CC[C@]314.Cl. The molecule has 0 amide bonds. The molecular formula is C31H38ClNO4. The summed E-state index contributed by atoms with van der Waals surface area (Å²) >= 11 is 0. The molecule has 0 N–H and O–H groups in total. The maximum absolute atomic E-state index is 13.5. The largest absolute Gasteiger partial charge is 0.493 e. The van der Waals surface area contributed by atoms with E-state index in [-0.39, 0.29) is 24.2 Å². The van der Waals surface area contributed by atoms with E-state index in [9.17, 15) is 4.79 Å². The van der Waals surface area contributed by atoms with Gasteiger partial charge in [0.25, 0.3) is 0 Å². The van der Waals surface area contributed by atoms with Crippen LogP contribution in [0.2, 0.25) is 0 Å². The molecule has 2 aromatic rings. The molecule has 2 bridgehead atoms. The zero-order chi connectivity index (χ0) is 24.3. The van der Waals surface area contributed by atoms with Crippen LogP contribution in [0.1, 0.15) is 61.6 Å². The highest BCUT2D eigenvalue weighted by Crippen LogP contribution is 2.66. The van der Waals surface area contributed by atoms with E-state index in [1.54, 1.807) is 7.11 Å². The van der Waals surface area contributed by atoms with Crippen LogP contribution in [0.25, 0.3) is 0 Å². The molecule has 2 saturated carbocycles. The van der Waals surface area contributed by atoms with E-state index >= 15 is 0 Å². The molecule has 5 aliphatic rings. The van der Waals surface area contributed by atoms with E-state index < -0.39 is 17.1 Å². The zero-order valence-electron chi connectivity index (χ0n) is 21.7. The number of methoxy groups -OCH3 is 1. The number of hydrogen-bond acceptors (Lipinski definition) is 5. The molecule has 2 aromatic carbocycles. The van der Waals surface area contributed by atoms with Gasteiger partial charge in [0.05, 0.1) is 18.1 Å². The molecule has 1 saturated heterocycles. The normalized spacial score (nSPS) is 31.6. The Balaban J connectivity index is 0.00000252. The fourth-order valence-corrected chi connectivity index (χ4v) is 8.23. The van der Waals surface area contributed by atoms with Crippen LogP contribution in [0.15, 0.2) is 42.5 Å². The van der Waals surface area contributed by atoms with Gasteiger partial charge in [-0.25, -0.2) is 0 Å². The molecule has 0 aromatic heterocycles. The molecule has 3 aliphatic carbocycles. The number of carbonyl (C=O) groups excluding carboxylic acids is 1. The third-order valence-electron chi connectivity index (χ3n) is 10.1. The topological polar surface area (TPSA) is 48.0 Å². The summed E-state index contributed by atoms with van der Waals surface area (Å²) in [6, 6.07) is 15.2. The van der Waals surface area contributed by atoms with Crippen molar-refractivity contribution >= 4 is 18.2 Å². The highest BCUT2D eigenvalue weighted by Gasteiger charge is 2.74. The Kier molecular flexibility index (Phi) is 6.53. The molecule has 198 valence electrons. The minimum absolute atomic E-state index is 0. The lowest BCUT2D eigenvalue weighted by atomic mass is 9.48. The number of aryl methyl sites for hydroxylation is 1. The minimum Gasteiger partial charge on any atom is -0.493 e. The molecule has 0 radical (unpaired) electrons. The number of carbonyl (C=O) groups is 1. The van der Waals surface area contributed by atoms with Gasteiger partial charge in [0.2, 0.25) is 0 Å². The first kappa shape index (κ1) is 25.2. The van der Waals surface area contributed by atoms with E-state index in [1.165, 1.54) is 36.0 Å². The van der Waals surface area contributed by atoms with Crippen LogP contribution in [0.3, 0.4) is 0 Å². The summed E-state index contributed by atoms with van der Waals surface area (Å²) in [6.07, 6.45) is 8.79. The number of halogens is 1. The molecule has 6 heteroatoms. The van der Waals surface area contributed by atoms with E-state index in [1.807, 2.05) is 6.07 Å².